The van der Waals surface area contributed by atoms with Gasteiger partial charge in [0.1, 0.15) is 5.82 Å². The van der Waals surface area contributed by atoms with Gasteiger partial charge in [-0.1, -0.05) is 23.7 Å². The molecule has 0 radical (unpaired) electrons. The topological polar surface area (TPSA) is 50.3 Å². The maximum absolute atomic E-state index is 13.0. The smallest absolute Gasteiger partial charge is 0.233 e. The third-order valence-corrected chi connectivity index (χ3v) is 5.61. The van der Waals surface area contributed by atoms with Crippen molar-refractivity contribution in [2.24, 2.45) is 0 Å². The highest BCUT2D eigenvalue weighted by molar-refractivity contribution is 9.10. The molecule has 2 heterocycles. The van der Waals surface area contributed by atoms with Crippen LogP contribution in [0.5, 0.6) is 0 Å². The lowest BCUT2D eigenvalue weighted by Gasteiger charge is -2.37. The lowest BCUT2D eigenvalue weighted by Crippen LogP contribution is -2.41. The molecule has 1 amide bonds. The average Bonchev–Trinajstić information content (AvgIpc) is 2.63. The first-order valence-corrected chi connectivity index (χ1v) is 9.68. The van der Waals surface area contributed by atoms with Gasteiger partial charge in [-0.15, -0.1) is 0 Å². The van der Waals surface area contributed by atoms with E-state index in [4.69, 9.17) is 11.6 Å². The molecule has 132 valence electrons. The maximum Gasteiger partial charge on any atom is 0.233 e. The first kappa shape index (κ1) is 17.4. The molecular formula is C20H16BrClN2O2. The number of rotatable bonds is 2. The summed E-state index contributed by atoms with van der Waals surface area (Å²) in [6.07, 6.45) is 3.90. The van der Waals surface area contributed by atoms with E-state index >= 15 is 0 Å². The standard InChI is InChI=1S/C20H16BrClN2O2/c21-13-6-9-18(23-11-13)24-16-2-1-3-17(25)20(16)15(10-19(24)26)12-4-7-14(22)8-5-12/h4-9,11,15H,1-3,10H2. The molecule has 0 fully saturated rings. The molecule has 2 aliphatic rings. The Bertz CT molecular complexity index is 906. The highest BCUT2D eigenvalue weighted by Crippen LogP contribution is 2.43. The Morgan fingerprint density at radius 2 is 1.85 bits per heavy atom. The summed E-state index contributed by atoms with van der Waals surface area (Å²) < 4.78 is 0.846. The number of anilines is 1. The van der Waals surface area contributed by atoms with E-state index < -0.39 is 0 Å². The molecule has 1 unspecified atom stereocenters. The molecule has 1 aromatic heterocycles. The van der Waals surface area contributed by atoms with E-state index in [0.29, 0.717) is 23.7 Å². The van der Waals surface area contributed by atoms with Crippen LogP contribution < -0.4 is 4.90 Å². The lowest BCUT2D eigenvalue weighted by molar-refractivity contribution is -0.120. The van der Waals surface area contributed by atoms with E-state index in [0.717, 1.165) is 27.7 Å². The predicted molar refractivity (Wildman–Crippen MR) is 104 cm³/mol. The fourth-order valence-electron chi connectivity index (χ4n) is 3.74. The van der Waals surface area contributed by atoms with Gasteiger partial charge >= 0.3 is 0 Å². The molecule has 0 spiro atoms. The molecule has 0 N–H and O–H groups in total. The molecule has 2 aromatic rings. The molecule has 1 aromatic carbocycles. The number of allylic oxidation sites excluding steroid dienone is 2. The number of carbonyl (C=O) groups excluding carboxylic acids is 2. The Morgan fingerprint density at radius 3 is 2.54 bits per heavy atom. The monoisotopic (exact) mass is 430 g/mol. The minimum absolute atomic E-state index is 0.0341. The Labute approximate surface area is 165 Å². The zero-order valence-corrected chi connectivity index (χ0v) is 16.3. The summed E-state index contributed by atoms with van der Waals surface area (Å²) in [6.45, 7) is 0. The van der Waals surface area contributed by atoms with Crippen LogP contribution in [-0.4, -0.2) is 16.7 Å². The Hall–Kier alpha value is -1.98. The average molecular weight is 432 g/mol. The second-order valence-electron chi connectivity index (χ2n) is 6.51. The van der Waals surface area contributed by atoms with Crippen molar-refractivity contribution in [3.8, 4) is 0 Å². The van der Waals surface area contributed by atoms with Gasteiger partial charge in [0.2, 0.25) is 5.91 Å². The van der Waals surface area contributed by atoms with E-state index in [1.165, 1.54) is 0 Å². The van der Waals surface area contributed by atoms with Gasteiger partial charge in [-0.25, -0.2) is 4.98 Å². The van der Waals surface area contributed by atoms with Crippen LogP contribution >= 0.6 is 27.5 Å². The van der Waals surface area contributed by atoms with Gasteiger partial charge in [-0.3, -0.25) is 14.5 Å². The van der Waals surface area contributed by atoms with Crippen molar-refractivity contribution in [2.45, 2.75) is 31.6 Å². The summed E-state index contributed by atoms with van der Waals surface area (Å²) >= 11 is 9.36. The normalized spacial score (nSPS) is 20.4. The van der Waals surface area contributed by atoms with Crippen LogP contribution in [0.25, 0.3) is 0 Å². The minimum atomic E-state index is -0.214. The molecule has 4 nitrogen and oxygen atoms in total. The minimum Gasteiger partial charge on any atom is -0.294 e. The van der Waals surface area contributed by atoms with E-state index in [1.807, 2.05) is 18.2 Å². The number of amides is 1. The number of ketones is 1. The molecule has 26 heavy (non-hydrogen) atoms. The quantitative estimate of drug-likeness (QED) is 0.670. The molecule has 1 aliphatic carbocycles. The number of nitrogens with zero attached hydrogens (tertiary/aromatic N) is 2. The second-order valence-corrected chi connectivity index (χ2v) is 7.86. The summed E-state index contributed by atoms with van der Waals surface area (Å²) in [5.74, 6) is 0.443. The third kappa shape index (κ3) is 3.10. The molecule has 0 bridgehead atoms. The summed E-state index contributed by atoms with van der Waals surface area (Å²) in [5, 5.41) is 0.640. The third-order valence-electron chi connectivity index (χ3n) is 4.89. The number of aromatic nitrogens is 1. The van der Waals surface area contributed by atoms with Crippen LogP contribution in [0.4, 0.5) is 5.82 Å². The zero-order chi connectivity index (χ0) is 18.3. The summed E-state index contributed by atoms with van der Waals surface area (Å²) in [7, 11) is 0. The van der Waals surface area contributed by atoms with Crippen molar-refractivity contribution in [3.05, 3.63) is 68.9 Å². The molecule has 1 aliphatic heterocycles. The van der Waals surface area contributed by atoms with Gasteiger partial charge in [-0.05, 0) is 58.6 Å². The van der Waals surface area contributed by atoms with Gasteiger partial charge in [0, 0.05) is 45.7 Å². The number of hydrogen-bond donors (Lipinski definition) is 0. The number of pyridine rings is 1. The molecule has 0 saturated heterocycles. The summed E-state index contributed by atoms with van der Waals surface area (Å²) in [5.41, 5.74) is 2.50. The van der Waals surface area contributed by atoms with Crippen LogP contribution in [0.15, 0.2) is 58.3 Å². The van der Waals surface area contributed by atoms with Crippen LogP contribution in [0.2, 0.25) is 5.02 Å². The number of Topliss-reactive ketones (excluding diaryl/α,β-unsaturated/α-hetero) is 1. The van der Waals surface area contributed by atoms with Gasteiger partial charge < -0.3 is 0 Å². The van der Waals surface area contributed by atoms with E-state index in [-0.39, 0.29) is 24.0 Å². The van der Waals surface area contributed by atoms with Crippen molar-refractivity contribution >= 4 is 45.0 Å². The van der Waals surface area contributed by atoms with E-state index in [9.17, 15) is 9.59 Å². The van der Waals surface area contributed by atoms with Crippen molar-refractivity contribution in [1.29, 1.82) is 0 Å². The van der Waals surface area contributed by atoms with Crippen LogP contribution in [0.1, 0.15) is 37.2 Å². The zero-order valence-electron chi connectivity index (χ0n) is 13.9. The SMILES string of the molecule is O=C1CCCC2=C1C(c1ccc(Cl)cc1)CC(=O)N2c1ccc(Br)cn1. The predicted octanol–water partition coefficient (Wildman–Crippen LogP) is 5.03. The molecule has 0 saturated carbocycles. The molecule has 6 heteroatoms. The van der Waals surface area contributed by atoms with Crippen LogP contribution in [-0.2, 0) is 9.59 Å². The summed E-state index contributed by atoms with van der Waals surface area (Å²) in [4.78, 5) is 31.8. The number of hydrogen-bond acceptors (Lipinski definition) is 3. The highest BCUT2D eigenvalue weighted by Gasteiger charge is 2.40. The fourth-order valence-corrected chi connectivity index (χ4v) is 4.10. The van der Waals surface area contributed by atoms with Crippen molar-refractivity contribution < 1.29 is 9.59 Å². The highest BCUT2D eigenvalue weighted by atomic mass is 79.9. The largest absolute Gasteiger partial charge is 0.294 e. The van der Waals surface area contributed by atoms with Crippen molar-refractivity contribution in [1.82, 2.24) is 4.98 Å². The van der Waals surface area contributed by atoms with Gasteiger partial charge in [-0.2, -0.15) is 0 Å². The molecular weight excluding hydrogens is 416 g/mol. The lowest BCUT2D eigenvalue weighted by atomic mass is 9.77. The molecule has 1 atom stereocenters. The second kappa shape index (κ2) is 6.97. The summed E-state index contributed by atoms with van der Waals surface area (Å²) in [6, 6.07) is 11.1. The van der Waals surface area contributed by atoms with Gasteiger partial charge in [0.25, 0.3) is 0 Å². The van der Waals surface area contributed by atoms with Crippen molar-refractivity contribution in [3.63, 3.8) is 0 Å². The first-order valence-electron chi connectivity index (χ1n) is 8.51. The number of halogens is 2. The molecule has 4 rings (SSSR count). The number of benzene rings is 1. The van der Waals surface area contributed by atoms with Crippen LogP contribution in [0.3, 0.4) is 0 Å². The van der Waals surface area contributed by atoms with Crippen LogP contribution in [0, 0.1) is 0 Å². The Balaban J connectivity index is 1.84. The Morgan fingerprint density at radius 1 is 1.08 bits per heavy atom. The van der Waals surface area contributed by atoms with E-state index in [1.54, 1.807) is 29.3 Å². The fraction of sp³-hybridized carbons (Fsp3) is 0.250. The van der Waals surface area contributed by atoms with Gasteiger partial charge in [0.15, 0.2) is 5.78 Å². The number of carbonyl (C=O) groups is 2. The van der Waals surface area contributed by atoms with Gasteiger partial charge in [0.05, 0.1) is 0 Å². The maximum atomic E-state index is 13.0. The van der Waals surface area contributed by atoms with E-state index in [2.05, 4.69) is 20.9 Å². The Kier molecular flexibility index (Phi) is 4.67. The van der Waals surface area contributed by atoms with Crippen molar-refractivity contribution in [2.75, 3.05) is 4.90 Å². The first-order chi connectivity index (χ1) is 12.5.